The van der Waals surface area contributed by atoms with Crippen LogP contribution in [0, 0.1) is 20.8 Å². The number of nitrogens with one attached hydrogen (secondary N) is 1. The predicted octanol–water partition coefficient (Wildman–Crippen LogP) is 2.10. The van der Waals surface area contributed by atoms with Gasteiger partial charge in [-0.3, -0.25) is 4.79 Å². The summed E-state index contributed by atoms with van der Waals surface area (Å²) in [6.45, 7) is 10.6. The summed E-state index contributed by atoms with van der Waals surface area (Å²) < 4.78 is 4.97. The van der Waals surface area contributed by atoms with E-state index in [9.17, 15) is 4.79 Å². The Bertz CT molecular complexity index is 832. The molecule has 1 fully saturated rings. The zero-order chi connectivity index (χ0) is 20.1. The molecule has 150 valence electrons. The Labute approximate surface area is 166 Å². The highest BCUT2D eigenvalue weighted by Gasteiger charge is 2.21. The van der Waals surface area contributed by atoms with Crippen LogP contribution in [0.25, 0.3) is 0 Å². The van der Waals surface area contributed by atoms with Gasteiger partial charge in [0, 0.05) is 51.6 Å². The summed E-state index contributed by atoms with van der Waals surface area (Å²) in [6, 6.07) is 8.24. The van der Waals surface area contributed by atoms with E-state index in [1.54, 1.807) is 13.2 Å². The molecule has 0 bridgehead atoms. The van der Waals surface area contributed by atoms with Gasteiger partial charge in [-0.1, -0.05) is 12.1 Å². The molecule has 7 heteroatoms. The Morgan fingerprint density at radius 2 is 1.82 bits per heavy atom. The van der Waals surface area contributed by atoms with Crippen LogP contribution in [0.2, 0.25) is 0 Å². The molecule has 2 heterocycles. The number of nitrogens with zero attached hydrogens (tertiary/aromatic N) is 4. The summed E-state index contributed by atoms with van der Waals surface area (Å²) >= 11 is 0. The SMILES string of the molecule is COCCNC(=O)c1cc(N2CCN(c3cccc(C)c3C)CC2)nc(C)n1. The largest absolute Gasteiger partial charge is 0.383 e. The van der Waals surface area contributed by atoms with Crippen molar-refractivity contribution in [2.24, 2.45) is 0 Å². The Morgan fingerprint density at radius 1 is 1.11 bits per heavy atom. The van der Waals surface area contributed by atoms with Crippen molar-refractivity contribution in [1.82, 2.24) is 15.3 Å². The highest BCUT2D eigenvalue weighted by atomic mass is 16.5. The monoisotopic (exact) mass is 383 g/mol. The molecular weight excluding hydrogens is 354 g/mol. The van der Waals surface area contributed by atoms with E-state index >= 15 is 0 Å². The van der Waals surface area contributed by atoms with Crippen LogP contribution >= 0.6 is 0 Å². The van der Waals surface area contributed by atoms with Gasteiger partial charge in [-0.05, 0) is 38.0 Å². The van der Waals surface area contributed by atoms with E-state index in [2.05, 4.69) is 57.1 Å². The van der Waals surface area contributed by atoms with Gasteiger partial charge in [-0.25, -0.2) is 9.97 Å². The summed E-state index contributed by atoms with van der Waals surface area (Å²) in [5.74, 6) is 1.22. The first kappa shape index (κ1) is 20.1. The van der Waals surface area contributed by atoms with Gasteiger partial charge in [0.05, 0.1) is 6.61 Å². The minimum atomic E-state index is -0.196. The molecule has 1 aromatic heterocycles. The van der Waals surface area contributed by atoms with E-state index < -0.39 is 0 Å². The Morgan fingerprint density at radius 3 is 2.54 bits per heavy atom. The number of methoxy groups -OCH3 is 1. The second kappa shape index (κ2) is 9.01. The summed E-state index contributed by atoms with van der Waals surface area (Å²) in [5.41, 5.74) is 4.35. The van der Waals surface area contributed by atoms with Crippen LogP contribution in [-0.4, -0.2) is 62.3 Å². The van der Waals surface area contributed by atoms with Crippen LogP contribution in [-0.2, 0) is 4.74 Å². The standard InChI is InChI=1S/C21H29N5O2/c1-15-6-5-7-19(16(15)2)25-9-11-26(12-10-25)20-14-18(23-17(3)24-20)21(27)22-8-13-28-4/h5-7,14H,8-13H2,1-4H3,(H,22,27). The lowest BCUT2D eigenvalue weighted by molar-refractivity contribution is 0.0931. The minimum absolute atomic E-state index is 0.196. The number of amides is 1. The third-order valence-corrected chi connectivity index (χ3v) is 5.17. The predicted molar refractivity (Wildman–Crippen MR) is 111 cm³/mol. The first-order chi connectivity index (χ1) is 13.5. The lowest BCUT2D eigenvalue weighted by atomic mass is 10.1. The van der Waals surface area contributed by atoms with Gasteiger partial charge in [0.1, 0.15) is 17.3 Å². The van der Waals surface area contributed by atoms with Crippen molar-refractivity contribution in [2.75, 3.05) is 56.2 Å². The number of aromatic nitrogens is 2. The van der Waals surface area contributed by atoms with Crippen LogP contribution in [0.5, 0.6) is 0 Å². The van der Waals surface area contributed by atoms with E-state index in [1.165, 1.54) is 16.8 Å². The van der Waals surface area contributed by atoms with Gasteiger partial charge < -0.3 is 19.9 Å². The average molecular weight is 383 g/mol. The molecule has 1 amide bonds. The summed E-state index contributed by atoms with van der Waals surface area (Å²) in [7, 11) is 1.61. The highest BCUT2D eigenvalue weighted by Crippen LogP contribution is 2.25. The van der Waals surface area contributed by atoms with Gasteiger partial charge in [-0.2, -0.15) is 0 Å². The molecule has 7 nitrogen and oxygen atoms in total. The van der Waals surface area contributed by atoms with E-state index in [0.717, 1.165) is 32.0 Å². The van der Waals surface area contributed by atoms with E-state index in [-0.39, 0.29) is 5.91 Å². The molecule has 0 atom stereocenters. The van der Waals surface area contributed by atoms with Crippen molar-refractivity contribution >= 4 is 17.4 Å². The Hall–Kier alpha value is -2.67. The van der Waals surface area contributed by atoms with Crippen molar-refractivity contribution in [3.63, 3.8) is 0 Å². The number of piperazine rings is 1. The number of carbonyl (C=O) groups excluding carboxylic acids is 1. The fraction of sp³-hybridized carbons (Fsp3) is 0.476. The third-order valence-electron chi connectivity index (χ3n) is 5.17. The van der Waals surface area contributed by atoms with Crippen molar-refractivity contribution < 1.29 is 9.53 Å². The van der Waals surface area contributed by atoms with Crippen LogP contribution < -0.4 is 15.1 Å². The molecule has 28 heavy (non-hydrogen) atoms. The van der Waals surface area contributed by atoms with E-state index in [1.807, 2.05) is 6.92 Å². The van der Waals surface area contributed by atoms with Crippen molar-refractivity contribution in [2.45, 2.75) is 20.8 Å². The van der Waals surface area contributed by atoms with Crippen LogP contribution in [0.4, 0.5) is 11.5 Å². The zero-order valence-electron chi connectivity index (χ0n) is 17.2. The number of anilines is 2. The first-order valence-corrected chi connectivity index (χ1v) is 9.68. The summed E-state index contributed by atoms with van der Waals surface area (Å²) in [6.07, 6.45) is 0. The van der Waals surface area contributed by atoms with E-state index in [0.29, 0.717) is 24.7 Å². The van der Waals surface area contributed by atoms with Crippen molar-refractivity contribution in [1.29, 1.82) is 0 Å². The molecule has 1 aliphatic heterocycles. The summed E-state index contributed by atoms with van der Waals surface area (Å²) in [4.78, 5) is 25.8. The Balaban J connectivity index is 1.68. The molecule has 0 aliphatic carbocycles. The second-order valence-corrected chi connectivity index (χ2v) is 7.10. The van der Waals surface area contributed by atoms with Crippen molar-refractivity contribution in [3.8, 4) is 0 Å². The van der Waals surface area contributed by atoms with Gasteiger partial charge in [0.2, 0.25) is 0 Å². The molecule has 0 unspecified atom stereocenters. The molecule has 2 aromatic rings. The maximum absolute atomic E-state index is 12.3. The lowest BCUT2D eigenvalue weighted by Crippen LogP contribution is -2.47. The van der Waals surface area contributed by atoms with Gasteiger partial charge in [-0.15, -0.1) is 0 Å². The maximum atomic E-state index is 12.3. The Kier molecular flexibility index (Phi) is 6.46. The van der Waals surface area contributed by atoms with Crippen molar-refractivity contribution in [3.05, 3.63) is 46.9 Å². The number of hydrogen-bond donors (Lipinski definition) is 1. The van der Waals surface area contributed by atoms with Crippen LogP contribution in [0.3, 0.4) is 0 Å². The fourth-order valence-electron chi connectivity index (χ4n) is 3.44. The average Bonchev–Trinajstić information content (AvgIpc) is 2.70. The van der Waals surface area contributed by atoms with E-state index in [4.69, 9.17) is 4.74 Å². The number of aryl methyl sites for hydroxylation is 2. The number of hydrogen-bond acceptors (Lipinski definition) is 6. The molecule has 3 rings (SSSR count). The van der Waals surface area contributed by atoms with Gasteiger partial charge in [0.15, 0.2) is 0 Å². The quantitative estimate of drug-likeness (QED) is 0.771. The molecule has 1 N–H and O–H groups in total. The molecule has 0 radical (unpaired) electrons. The van der Waals surface area contributed by atoms with Gasteiger partial charge in [0.25, 0.3) is 5.91 Å². The number of rotatable bonds is 6. The number of ether oxygens (including phenoxy) is 1. The molecule has 1 saturated heterocycles. The molecular formula is C21H29N5O2. The second-order valence-electron chi connectivity index (χ2n) is 7.10. The third kappa shape index (κ3) is 4.59. The molecule has 1 aromatic carbocycles. The van der Waals surface area contributed by atoms with Crippen LogP contribution in [0.1, 0.15) is 27.4 Å². The highest BCUT2D eigenvalue weighted by molar-refractivity contribution is 5.93. The molecule has 1 aliphatic rings. The normalized spacial score (nSPS) is 14.3. The van der Waals surface area contributed by atoms with Crippen LogP contribution in [0.15, 0.2) is 24.3 Å². The van der Waals surface area contributed by atoms with Gasteiger partial charge >= 0.3 is 0 Å². The number of carbonyl (C=O) groups is 1. The zero-order valence-corrected chi connectivity index (χ0v) is 17.2. The molecule has 0 spiro atoms. The number of benzene rings is 1. The topological polar surface area (TPSA) is 70.6 Å². The maximum Gasteiger partial charge on any atom is 0.270 e. The first-order valence-electron chi connectivity index (χ1n) is 9.68. The molecule has 0 saturated carbocycles. The lowest BCUT2D eigenvalue weighted by Gasteiger charge is -2.37. The smallest absolute Gasteiger partial charge is 0.270 e. The minimum Gasteiger partial charge on any atom is -0.383 e. The summed E-state index contributed by atoms with van der Waals surface area (Å²) in [5, 5.41) is 2.82. The fourth-order valence-corrected chi connectivity index (χ4v) is 3.44.